The van der Waals surface area contributed by atoms with Crippen molar-refractivity contribution in [2.75, 3.05) is 5.32 Å². The molecule has 112 valence electrons. The quantitative estimate of drug-likeness (QED) is 0.615. The highest BCUT2D eigenvalue weighted by molar-refractivity contribution is 5.92. The number of carbonyl (C=O) groups is 2. The number of aliphatic carboxylic acids is 1. The number of aryl methyl sites for hydroxylation is 1. The van der Waals surface area contributed by atoms with Crippen LogP contribution < -0.4 is 10.6 Å². The number of nitrogens with zero attached hydrogens (tertiary/aromatic N) is 3. The molecule has 9 nitrogen and oxygen atoms in total. The summed E-state index contributed by atoms with van der Waals surface area (Å²) in [4.78, 5) is 29.6. The minimum absolute atomic E-state index is 0.122. The Kier molecular flexibility index (Phi) is 4.54. The number of carboxylic acids is 1. The zero-order valence-corrected chi connectivity index (χ0v) is 11.4. The van der Waals surface area contributed by atoms with E-state index in [-0.39, 0.29) is 6.42 Å². The minimum atomic E-state index is -1.12. The summed E-state index contributed by atoms with van der Waals surface area (Å²) >= 11 is 0. The fourth-order valence-electron chi connectivity index (χ4n) is 1.74. The Morgan fingerprint density at radius 1 is 1.48 bits per heavy atom. The van der Waals surface area contributed by atoms with Crippen LogP contribution in [-0.4, -0.2) is 42.9 Å². The van der Waals surface area contributed by atoms with Crippen LogP contribution in [0.15, 0.2) is 24.9 Å². The molecule has 0 radical (unpaired) electrons. The van der Waals surface area contributed by atoms with Gasteiger partial charge in [0, 0.05) is 31.1 Å². The van der Waals surface area contributed by atoms with Crippen molar-refractivity contribution in [1.29, 1.82) is 0 Å². The maximum Gasteiger partial charge on any atom is 0.326 e. The molecule has 0 bridgehead atoms. The molecule has 2 amide bonds. The third-order valence-electron chi connectivity index (χ3n) is 2.80. The molecule has 0 aliphatic heterocycles. The van der Waals surface area contributed by atoms with Crippen molar-refractivity contribution in [3.05, 3.63) is 30.6 Å². The normalized spacial score (nSPS) is 11.9. The summed E-state index contributed by atoms with van der Waals surface area (Å²) in [7, 11) is 0. The van der Waals surface area contributed by atoms with Gasteiger partial charge in [-0.3, -0.25) is 4.68 Å². The highest BCUT2D eigenvalue weighted by Crippen LogP contribution is 2.05. The zero-order chi connectivity index (χ0) is 15.2. The number of amides is 2. The maximum atomic E-state index is 11.8. The van der Waals surface area contributed by atoms with E-state index in [1.807, 2.05) is 6.92 Å². The fraction of sp³-hybridized carbons (Fsp3) is 0.333. The van der Waals surface area contributed by atoms with Crippen LogP contribution in [0.2, 0.25) is 0 Å². The van der Waals surface area contributed by atoms with Crippen LogP contribution in [0.25, 0.3) is 0 Å². The zero-order valence-electron chi connectivity index (χ0n) is 11.4. The number of hydrogen-bond acceptors (Lipinski definition) is 4. The van der Waals surface area contributed by atoms with Crippen molar-refractivity contribution >= 4 is 17.7 Å². The summed E-state index contributed by atoms with van der Waals surface area (Å²) < 4.78 is 1.65. The molecule has 1 atom stereocenters. The number of H-pyrrole nitrogens is 1. The van der Waals surface area contributed by atoms with E-state index in [4.69, 9.17) is 5.11 Å². The van der Waals surface area contributed by atoms with Gasteiger partial charge in [0.25, 0.3) is 0 Å². The highest BCUT2D eigenvalue weighted by Gasteiger charge is 2.21. The number of anilines is 1. The second-order valence-electron chi connectivity index (χ2n) is 4.35. The SMILES string of the molecule is CCn1cc(NC(=O)N[C@@H](Cc2cnc[nH]2)C(=O)O)cn1. The summed E-state index contributed by atoms with van der Waals surface area (Å²) in [5.41, 5.74) is 1.13. The van der Waals surface area contributed by atoms with Crippen LogP contribution in [-0.2, 0) is 17.8 Å². The fourth-order valence-corrected chi connectivity index (χ4v) is 1.74. The highest BCUT2D eigenvalue weighted by atomic mass is 16.4. The van der Waals surface area contributed by atoms with Crippen molar-refractivity contribution in [2.24, 2.45) is 0 Å². The van der Waals surface area contributed by atoms with Crippen LogP contribution >= 0.6 is 0 Å². The lowest BCUT2D eigenvalue weighted by Crippen LogP contribution is -2.44. The smallest absolute Gasteiger partial charge is 0.326 e. The lowest BCUT2D eigenvalue weighted by Gasteiger charge is -2.13. The molecule has 21 heavy (non-hydrogen) atoms. The van der Waals surface area contributed by atoms with E-state index in [9.17, 15) is 9.59 Å². The number of imidazole rings is 1. The van der Waals surface area contributed by atoms with Gasteiger partial charge in [-0.2, -0.15) is 5.10 Å². The molecule has 0 aliphatic carbocycles. The van der Waals surface area contributed by atoms with E-state index in [2.05, 4.69) is 25.7 Å². The molecule has 2 rings (SSSR count). The second kappa shape index (κ2) is 6.55. The average molecular weight is 292 g/mol. The first-order chi connectivity index (χ1) is 10.1. The Hall–Kier alpha value is -2.84. The van der Waals surface area contributed by atoms with Gasteiger partial charge >= 0.3 is 12.0 Å². The molecular formula is C12H16N6O3. The number of nitrogens with one attached hydrogen (secondary N) is 3. The number of aromatic amines is 1. The largest absolute Gasteiger partial charge is 0.480 e. The van der Waals surface area contributed by atoms with E-state index in [0.717, 1.165) is 0 Å². The minimum Gasteiger partial charge on any atom is -0.480 e. The molecule has 0 aliphatic rings. The lowest BCUT2D eigenvalue weighted by atomic mass is 10.2. The predicted octanol–water partition coefficient (Wildman–Crippen LogP) is 0.443. The molecule has 0 unspecified atom stereocenters. The van der Waals surface area contributed by atoms with Gasteiger partial charge in [0.15, 0.2) is 0 Å². The number of urea groups is 1. The first kappa shape index (κ1) is 14.6. The molecule has 0 spiro atoms. The molecule has 0 fully saturated rings. The van der Waals surface area contributed by atoms with Crippen molar-refractivity contribution in [2.45, 2.75) is 25.9 Å². The molecule has 2 aromatic heterocycles. The van der Waals surface area contributed by atoms with Gasteiger partial charge in [0.2, 0.25) is 0 Å². The molecule has 0 saturated heterocycles. The van der Waals surface area contributed by atoms with Crippen LogP contribution in [0.4, 0.5) is 10.5 Å². The molecule has 0 aromatic carbocycles. The lowest BCUT2D eigenvalue weighted by molar-refractivity contribution is -0.139. The van der Waals surface area contributed by atoms with Crippen molar-refractivity contribution < 1.29 is 14.7 Å². The van der Waals surface area contributed by atoms with Gasteiger partial charge in [-0.05, 0) is 6.92 Å². The number of carboxylic acid groups (broad SMARTS) is 1. The summed E-state index contributed by atoms with van der Waals surface area (Å²) in [6.45, 7) is 2.60. The number of hydrogen-bond donors (Lipinski definition) is 4. The van der Waals surface area contributed by atoms with Crippen LogP contribution in [0.3, 0.4) is 0 Å². The van der Waals surface area contributed by atoms with Gasteiger partial charge in [-0.1, -0.05) is 0 Å². The summed E-state index contributed by atoms with van der Waals surface area (Å²) in [6, 6.07) is -1.65. The standard InChI is InChI=1S/C12H16N6O3/c1-2-18-6-9(5-15-18)16-12(21)17-10(11(19)20)3-8-4-13-7-14-8/h4-7,10H,2-3H2,1H3,(H,13,14)(H,19,20)(H2,16,17,21)/t10-/m0/s1. The van der Waals surface area contributed by atoms with Gasteiger partial charge in [0.1, 0.15) is 6.04 Å². The molecule has 9 heteroatoms. The van der Waals surface area contributed by atoms with Crippen LogP contribution in [0, 0.1) is 0 Å². The molecule has 2 aromatic rings. The van der Waals surface area contributed by atoms with E-state index < -0.39 is 18.0 Å². The summed E-state index contributed by atoms with van der Waals surface area (Å²) in [5, 5.41) is 18.1. The number of aromatic nitrogens is 4. The van der Waals surface area contributed by atoms with Crippen LogP contribution in [0.5, 0.6) is 0 Å². The van der Waals surface area contributed by atoms with E-state index in [0.29, 0.717) is 17.9 Å². The second-order valence-corrected chi connectivity index (χ2v) is 4.35. The Morgan fingerprint density at radius 2 is 2.29 bits per heavy atom. The van der Waals surface area contributed by atoms with Crippen LogP contribution in [0.1, 0.15) is 12.6 Å². The first-order valence-electron chi connectivity index (χ1n) is 6.38. The Bertz CT molecular complexity index is 606. The van der Waals surface area contributed by atoms with Crippen molar-refractivity contribution in [1.82, 2.24) is 25.1 Å². The van der Waals surface area contributed by atoms with Gasteiger partial charge in [-0.25, -0.2) is 14.6 Å². The number of rotatable bonds is 6. The molecular weight excluding hydrogens is 276 g/mol. The molecule has 0 saturated carbocycles. The third-order valence-corrected chi connectivity index (χ3v) is 2.80. The monoisotopic (exact) mass is 292 g/mol. The summed E-state index contributed by atoms with van der Waals surface area (Å²) in [6.07, 6.45) is 6.24. The average Bonchev–Trinajstić information content (AvgIpc) is 3.09. The third kappa shape index (κ3) is 4.06. The predicted molar refractivity (Wildman–Crippen MR) is 73.8 cm³/mol. The molecule has 4 N–H and O–H groups in total. The van der Waals surface area contributed by atoms with E-state index in [1.165, 1.54) is 18.7 Å². The van der Waals surface area contributed by atoms with E-state index >= 15 is 0 Å². The first-order valence-corrected chi connectivity index (χ1v) is 6.38. The van der Waals surface area contributed by atoms with E-state index in [1.54, 1.807) is 10.9 Å². The Labute approximate surface area is 120 Å². The maximum absolute atomic E-state index is 11.8. The number of carbonyl (C=O) groups excluding carboxylic acids is 1. The topological polar surface area (TPSA) is 125 Å². The van der Waals surface area contributed by atoms with Gasteiger partial charge < -0.3 is 20.7 Å². The van der Waals surface area contributed by atoms with Crippen molar-refractivity contribution in [3.8, 4) is 0 Å². The molecule has 2 heterocycles. The Balaban J connectivity index is 1.93. The Morgan fingerprint density at radius 3 is 2.86 bits per heavy atom. The van der Waals surface area contributed by atoms with Gasteiger partial charge in [0.05, 0.1) is 18.2 Å². The van der Waals surface area contributed by atoms with Crippen molar-refractivity contribution in [3.63, 3.8) is 0 Å². The summed E-state index contributed by atoms with van der Waals surface area (Å²) in [5.74, 6) is -1.12. The van der Waals surface area contributed by atoms with Gasteiger partial charge in [-0.15, -0.1) is 0 Å².